The SMILES string of the molecule is CSc1cccc(CN(C)C(=O)c2cccc(CN3C(=O)C(c4ccc(F)cc4)(c4ccc(F)cc4)N=C3N)c2)c1. The molecule has 0 bridgehead atoms. The monoisotopic (exact) mass is 570 g/mol. The average Bonchev–Trinajstić information content (AvgIpc) is 3.23. The molecule has 0 aliphatic carbocycles. The molecule has 2 amide bonds. The number of hydrogen-bond acceptors (Lipinski definition) is 5. The molecule has 0 atom stereocenters. The van der Waals surface area contributed by atoms with Crippen LogP contribution in [0.25, 0.3) is 0 Å². The van der Waals surface area contributed by atoms with E-state index in [4.69, 9.17) is 5.73 Å². The fourth-order valence-corrected chi connectivity index (χ4v) is 5.46. The fraction of sp³-hybridized carbons (Fsp3) is 0.156. The lowest BCUT2D eigenvalue weighted by Gasteiger charge is -2.27. The largest absolute Gasteiger partial charge is 0.369 e. The van der Waals surface area contributed by atoms with Gasteiger partial charge in [0.2, 0.25) is 0 Å². The minimum atomic E-state index is -1.61. The first-order valence-corrected chi connectivity index (χ1v) is 14.1. The van der Waals surface area contributed by atoms with Crippen LogP contribution in [0, 0.1) is 11.6 Å². The maximum Gasteiger partial charge on any atom is 0.266 e. The van der Waals surface area contributed by atoms with E-state index in [1.165, 1.54) is 53.4 Å². The summed E-state index contributed by atoms with van der Waals surface area (Å²) in [5.41, 5.74) is 7.67. The lowest BCUT2D eigenvalue weighted by molar-refractivity contribution is -0.130. The topological polar surface area (TPSA) is 79.0 Å². The van der Waals surface area contributed by atoms with E-state index < -0.39 is 23.1 Å². The Morgan fingerprint density at radius 1 is 0.902 bits per heavy atom. The third kappa shape index (κ3) is 5.58. The first-order chi connectivity index (χ1) is 19.7. The molecule has 0 unspecified atom stereocenters. The molecular formula is C32H28F2N4O2S. The van der Waals surface area contributed by atoms with Crippen molar-refractivity contribution in [2.45, 2.75) is 23.5 Å². The number of amides is 2. The van der Waals surface area contributed by atoms with Crippen LogP contribution in [0.5, 0.6) is 0 Å². The zero-order valence-electron chi connectivity index (χ0n) is 22.6. The van der Waals surface area contributed by atoms with E-state index in [9.17, 15) is 18.4 Å². The molecule has 0 radical (unpaired) electrons. The highest BCUT2D eigenvalue weighted by molar-refractivity contribution is 7.98. The summed E-state index contributed by atoms with van der Waals surface area (Å²) >= 11 is 1.64. The van der Waals surface area contributed by atoms with Crippen LogP contribution in [0.2, 0.25) is 0 Å². The number of nitrogens with two attached hydrogens (primary N) is 1. The lowest BCUT2D eigenvalue weighted by Crippen LogP contribution is -2.43. The summed E-state index contributed by atoms with van der Waals surface area (Å²) in [5.74, 6) is -1.60. The van der Waals surface area contributed by atoms with Gasteiger partial charge in [-0.2, -0.15) is 0 Å². The van der Waals surface area contributed by atoms with Gasteiger partial charge >= 0.3 is 0 Å². The van der Waals surface area contributed by atoms with Gasteiger partial charge in [0.25, 0.3) is 11.8 Å². The number of rotatable bonds is 8. The van der Waals surface area contributed by atoms with Gasteiger partial charge in [-0.1, -0.05) is 48.5 Å². The molecule has 5 rings (SSSR count). The summed E-state index contributed by atoms with van der Waals surface area (Å²) in [4.78, 5) is 36.0. The van der Waals surface area contributed by atoms with Gasteiger partial charge in [-0.25, -0.2) is 13.8 Å². The number of nitrogens with zero attached hydrogens (tertiary/aromatic N) is 3. The fourth-order valence-electron chi connectivity index (χ4n) is 4.98. The summed E-state index contributed by atoms with van der Waals surface area (Å²) in [7, 11) is 1.75. The Bertz CT molecular complexity index is 1580. The Balaban J connectivity index is 1.41. The Hall–Kier alpha value is -4.50. The van der Waals surface area contributed by atoms with Crippen molar-refractivity contribution in [2.75, 3.05) is 13.3 Å². The van der Waals surface area contributed by atoms with Gasteiger partial charge in [0.1, 0.15) is 11.6 Å². The number of halogens is 2. The molecule has 0 spiro atoms. The van der Waals surface area contributed by atoms with E-state index >= 15 is 0 Å². The number of aliphatic imine (C=N–C) groups is 1. The Morgan fingerprint density at radius 3 is 2.10 bits per heavy atom. The zero-order chi connectivity index (χ0) is 29.1. The maximum absolute atomic E-state index is 14.1. The molecule has 0 saturated heterocycles. The van der Waals surface area contributed by atoms with Crippen molar-refractivity contribution in [3.63, 3.8) is 0 Å². The molecule has 208 valence electrons. The quantitative estimate of drug-likeness (QED) is 0.282. The highest BCUT2D eigenvalue weighted by atomic mass is 32.2. The molecule has 41 heavy (non-hydrogen) atoms. The standard InChI is InChI=1S/C32H28F2N4O2S/c1-37(19-22-6-4-8-28(18-22)41-2)29(39)23-7-3-5-21(17-23)20-38-30(40)32(36-31(38)35,24-9-13-26(33)14-10-24)25-11-15-27(34)16-12-25/h3-18H,19-20H2,1-2H3,(H2,35,36). The predicted molar refractivity (Wildman–Crippen MR) is 156 cm³/mol. The van der Waals surface area contributed by atoms with Crippen LogP contribution in [0.4, 0.5) is 8.78 Å². The second-order valence-corrected chi connectivity index (χ2v) is 10.7. The number of benzene rings is 4. The number of thioether (sulfide) groups is 1. The van der Waals surface area contributed by atoms with E-state index in [-0.39, 0.29) is 18.4 Å². The normalized spacial score (nSPS) is 14.2. The molecule has 0 fully saturated rings. The van der Waals surface area contributed by atoms with Gasteiger partial charge in [0.15, 0.2) is 11.5 Å². The van der Waals surface area contributed by atoms with E-state index in [1.54, 1.807) is 48.0 Å². The van der Waals surface area contributed by atoms with Gasteiger partial charge in [0, 0.05) is 24.1 Å². The maximum atomic E-state index is 14.1. The van der Waals surface area contributed by atoms with Crippen molar-refractivity contribution in [3.05, 3.63) is 137 Å². The lowest BCUT2D eigenvalue weighted by atomic mass is 9.82. The third-order valence-electron chi connectivity index (χ3n) is 7.05. The molecule has 1 aliphatic rings. The van der Waals surface area contributed by atoms with Gasteiger partial charge in [-0.15, -0.1) is 11.8 Å². The summed E-state index contributed by atoms with van der Waals surface area (Å²) in [6, 6.07) is 25.9. The molecule has 0 aromatic heterocycles. The molecule has 4 aromatic carbocycles. The molecule has 6 nitrogen and oxygen atoms in total. The first kappa shape index (κ1) is 28.0. The molecule has 1 heterocycles. The second kappa shape index (κ2) is 11.5. The summed E-state index contributed by atoms with van der Waals surface area (Å²) in [6.07, 6.45) is 2.01. The van der Waals surface area contributed by atoms with Crippen LogP contribution < -0.4 is 5.73 Å². The smallest absolute Gasteiger partial charge is 0.266 e. The van der Waals surface area contributed by atoms with Gasteiger partial charge in [0.05, 0.1) is 6.54 Å². The van der Waals surface area contributed by atoms with Crippen LogP contribution >= 0.6 is 11.8 Å². The molecule has 9 heteroatoms. The van der Waals surface area contributed by atoms with Crippen molar-refractivity contribution < 1.29 is 18.4 Å². The summed E-state index contributed by atoms with van der Waals surface area (Å²) in [5, 5.41) is 0. The number of guanidine groups is 1. The van der Waals surface area contributed by atoms with Gasteiger partial charge in [-0.05, 0) is 77.0 Å². The minimum absolute atomic E-state index is 0.0360. The molecule has 0 saturated carbocycles. The number of hydrogen-bond donors (Lipinski definition) is 1. The van der Waals surface area contributed by atoms with Crippen molar-refractivity contribution in [1.82, 2.24) is 9.80 Å². The van der Waals surface area contributed by atoms with Crippen LogP contribution in [-0.4, -0.2) is 40.9 Å². The highest BCUT2D eigenvalue weighted by Crippen LogP contribution is 2.40. The molecule has 4 aromatic rings. The van der Waals surface area contributed by atoms with E-state index in [0.29, 0.717) is 28.8 Å². The number of carbonyl (C=O) groups is 2. The number of carbonyl (C=O) groups excluding carboxylic acids is 2. The second-order valence-electron chi connectivity index (χ2n) is 9.80. The Kier molecular flexibility index (Phi) is 7.90. The van der Waals surface area contributed by atoms with Gasteiger partial charge in [-0.3, -0.25) is 14.5 Å². The summed E-state index contributed by atoms with van der Waals surface area (Å²) < 4.78 is 27.5. The third-order valence-corrected chi connectivity index (χ3v) is 7.78. The first-order valence-electron chi connectivity index (χ1n) is 12.9. The zero-order valence-corrected chi connectivity index (χ0v) is 23.4. The Labute approximate surface area is 241 Å². The minimum Gasteiger partial charge on any atom is -0.369 e. The van der Waals surface area contributed by atoms with Crippen molar-refractivity contribution >= 4 is 29.5 Å². The molecular weight excluding hydrogens is 542 g/mol. The van der Waals surface area contributed by atoms with Crippen LogP contribution in [0.1, 0.15) is 32.6 Å². The van der Waals surface area contributed by atoms with Crippen LogP contribution in [-0.2, 0) is 23.4 Å². The average molecular weight is 571 g/mol. The Morgan fingerprint density at radius 2 is 1.49 bits per heavy atom. The van der Waals surface area contributed by atoms with Crippen molar-refractivity contribution in [3.8, 4) is 0 Å². The molecule has 1 aliphatic heterocycles. The van der Waals surface area contributed by atoms with Gasteiger partial charge < -0.3 is 10.6 Å². The van der Waals surface area contributed by atoms with Crippen LogP contribution in [0.15, 0.2) is 107 Å². The molecule has 2 N–H and O–H groups in total. The van der Waals surface area contributed by atoms with E-state index in [2.05, 4.69) is 11.1 Å². The highest BCUT2D eigenvalue weighted by Gasteiger charge is 2.50. The summed E-state index contributed by atoms with van der Waals surface area (Å²) in [6.45, 7) is 0.498. The predicted octanol–water partition coefficient (Wildman–Crippen LogP) is 5.56. The van der Waals surface area contributed by atoms with Crippen molar-refractivity contribution in [1.29, 1.82) is 0 Å². The van der Waals surface area contributed by atoms with Crippen molar-refractivity contribution in [2.24, 2.45) is 10.7 Å². The van der Waals surface area contributed by atoms with E-state index in [0.717, 1.165) is 10.5 Å². The van der Waals surface area contributed by atoms with Crippen LogP contribution in [0.3, 0.4) is 0 Å². The van der Waals surface area contributed by atoms with E-state index in [1.807, 2.05) is 24.5 Å².